The Morgan fingerprint density at radius 2 is 1.93 bits per heavy atom. The minimum absolute atomic E-state index is 0.00467. The van der Waals surface area contributed by atoms with E-state index in [4.69, 9.17) is 5.11 Å². The van der Waals surface area contributed by atoms with Crippen molar-refractivity contribution >= 4 is 5.97 Å². The number of rotatable bonds is 12. The second-order valence-electron chi connectivity index (χ2n) is 7.70. The van der Waals surface area contributed by atoms with Crippen LogP contribution in [0.5, 0.6) is 0 Å². The van der Waals surface area contributed by atoms with Crippen LogP contribution in [0.1, 0.15) is 87.9 Å². The molecule has 4 heteroatoms. The van der Waals surface area contributed by atoms with Gasteiger partial charge in [0.25, 0.3) is 0 Å². The lowest BCUT2D eigenvalue weighted by Gasteiger charge is -2.20. The van der Waals surface area contributed by atoms with E-state index in [-0.39, 0.29) is 12.3 Å². The fraction of sp³-hybridized carbons (Fsp3) is 0.542. The molecule has 0 aromatic heterocycles. The summed E-state index contributed by atoms with van der Waals surface area (Å²) in [4.78, 5) is 10.5. The number of aliphatic hydroxyl groups is 2. The highest BCUT2D eigenvalue weighted by Crippen LogP contribution is 2.38. The summed E-state index contributed by atoms with van der Waals surface area (Å²) >= 11 is 0. The first-order chi connectivity index (χ1) is 13.5. The Kier molecular flexibility index (Phi) is 9.45. The smallest absolute Gasteiger partial charge is 0.303 e. The number of carboxylic acids is 1. The van der Waals surface area contributed by atoms with Crippen LogP contribution in [0, 0.1) is 0 Å². The van der Waals surface area contributed by atoms with Crippen LogP contribution < -0.4 is 0 Å². The molecule has 0 heterocycles. The molecule has 0 radical (unpaired) electrons. The molecule has 4 nitrogen and oxygen atoms in total. The number of hydrogen-bond acceptors (Lipinski definition) is 3. The first-order valence-corrected chi connectivity index (χ1v) is 10.5. The summed E-state index contributed by atoms with van der Waals surface area (Å²) in [5.41, 5.74) is 3.23. The summed E-state index contributed by atoms with van der Waals surface area (Å²) in [6, 6.07) is 8.02. The van der Waals surface area contributed by atoms with Crippen molar-refractivity contribution in [3.63, 3.8) is 0 Å². The van der Waals surface area contributed by atoms with Crippen LogP contribution in [0.3, 0.4) is 0 Å². The second-order valence-corrected chi connectivity index (χ2v) is 7.70. The maximum absolute atomic E-state index is 10.5. The third-order valence-electron chi connectivity index (χ3n) is 5.45. The standard InChI is InChI=1S/C24H34O4/c1-2-3-6-10-21(25)18-12-14-20(15-13-18)24-19(16-17-22(24)26)9-7-4-5-8-11-23(27)28/h4,7,12-16,21-22,24-26H,2-3,5-6,8-11,17H2,1H3,(H,27,28)/t21?,22-,24+/m1/s1. The third-order valence-corrected chi connectivity index (χ3v) is 5.45. The van der Waals surface area contributed by atoms with Gasteiger partial charge in [-0.05, 0) is 43.2 Å². The molecule has 3 atom stereocenters. The second kappa shape index (κ2) is 11.8. The zero-order valence-corrected chi connectivity index (χ0v) is 16.9. The van der Waals surface area contributed by atoms with Crippen LogP contribution in [-0.4, -0.2) is 27.4 Å². The lowest BCUT2D eigenvalue weighted by atomic mass is 9.88. The molecular weight excluding hydrogens is 352 g/mol. The van der Waals surface area contributed by atoms with E-state index in [1.807, 2.05) is 30.3 Å². The fourth-order valence-electron chi connectivity index (χ4n) is 3.82. The van der Waals surface area contributed by atoms with Gasteiger partial charge in [-0.1, -0.05) is 74.3 Å². The molecule has 0 fully saturated rings. The molecule has 0 bridgehead atoms. The molecule has 28 heavy (non-hydrogen) atoms. The quantitative estimate of drug-likeness (QED) is 0.337. The Balaban J connectivity index is 1.91. The highest BCUT2D eigenvalue weighted by Gasteiger charge is 2.28. The molecule has 2 rings (SSSR count). The summed E-state index contributed by atoms with van der Waals surface area (Å²) < 4.78 is 0. The molecule has 1 aliphatic rings. The predicted molar refractivity (Wildman–Crippen MR) is 112 cm³/mol. The van der Waals surface area contributed by atoms with E-state index in [9.17, 15) is 15.0 Å². The van der Waals surface area contributed by atoms with Crippen LogP contribution in [0.4, 0.5) is 0 Å². The van der Waals surface area contributed by atoms with Crippen molar-refractivity contribution in [2.45, 2.75) is 82.8 Å². The van der Waals surface area contributed by atoms with E-state index in [1.165, 1.54) is 5.57 Å². The van der Waals surface area contributed by atoms with Gasteiger partial charge in [-0.15, -0.1) is 0 Å². The summed E-state index contributed by atoms with van der Waals surface area (Å²) in [5.74, 6) is -0.760. The van der Waals surface area contributed by atoms with Gasteiger partial charge in [-0.25, -0.2) is 0 Å². The Labute approximate surface area is 168 Å². The molecule has 154 valence electrons. The number of carbonyl (C=O) groups is 1. The molecule has 0 saturated carbocycles. The third kappa shape index (κ3) is 6.92. The van der Waals surface area contributed by atoms with Crippen LogP contribution in [0.25, 0.3) is 0 Å². The van der Waals surface area contributed by atoms with Crippen molar-refractivity contribution in [3.8, 4) is 0 Å². The lowest BCUT2D eigenvalue weighted by Crippen LogP contribution is -2.14. The number of aliphatic hydroxyl groups excluding tert-OH is 2. The number of benzene rings is 1. The maximum Gasteiger partial charge on any atom is 0.303 e. The van der Waals surface area contributed by atoms with Crippen molar-refractivity contribution < 1.29 is 20.1 Å². The summed E-state index contributed by atoms with van der Waals surface area (Å²) in [6.07, 6.45) is 12.6. The molecule has 0 spiro atoms. The molecule has 0 saturated heterocycles. The van der Waals surface area contributed by atoms with Gasteiger partial charge in [0.05, 0.1) is 12.2 Å². The van der Waals surface area contributed by atoms with Gasteiger partial charge < -0.3 is 15.3 Å². The number of hydrogen-bond donors (Lipinski definition) is 3. The number of carboxylic acid groups (broad SMARTS) is 1. The average Bonchev–Trinajstić information content (AvgIpc) is 3.05. The molecule has 0 aliphatic heterocycles. The fourth-order valence-corrected chi connectivity index (χ4v) is 3.82. The highest BCUT2D eigenvalue weighted by atomic mass is 16.4. The van der Waals surface area contributed by atoms with E-state index in [0.717, 1.165) is 49.7 Å². The Morgan fingerprint density at radius 3 is 2.61 bits per heavy atom. The van der Waals surface area contributed by atoms with Crippen LogP contribution in [0.15, 0.2) is 48.1 Å². The first kappa shape index (κ1) is 22.4. The van der Waals surface area contributed by atoms with E-state index >= 15 is 0 Å². The Morgan fingerprint density at radius 1 is 1.18 bits per heavy atom. The van der Waals surface area contributed by atoms with E-state index < -0.39 is 18.2 Å². The van der Waals surface area contributed by atoms with Crippen molar-refractivity contribution in [1.29, 1.82) is 0 Å². The van der Waals surface area contributed by atoms with Gasteiger partial charge in [0, 0.05) is 12.3 Å². The first-order valence-electron chi connectivity index (χ1n) is 10.5. The highest BCUT2D eigenvalue weighted by molar-refractivity contribution is 5.66. The molecule has 0 amide bonds. The zero-order valence-electron chi connectivity index (χ0n) is 16.9. The van der Waals surface area contributed by atoms with E-state index in [1.54, 1.807) is 0 Å². The molecule has 1 aliphatic carbocycles. The van der Waals surface area contributed by atoms with Gasteiger partial charge in [0.1, 0.15) is 0 Å². The molecule has 3 N–H and O–H groups in total. The van der Waals surface area contributed by atoms with Crippen molar-refractivity contribution in [3.05, 3.63) is 59.2 Å². The van der Waals surface area contributed by atoms with Crippen molar-refractivity contribution in [2.75, 3.05) is 0 Å². The SMILES string of the molecule is CCCCCC(O)c1ccc([C@@H]2C(CC=CCCCC(=O)O)=CC[C@H]2O)cc1. The van der Waals surface area contributed by atoms with Crippen LogP contribution in [0.2, 0.25) is 0 Å². The van der Waals surface area contributed by atoms with Crippen molar-refractivity contribution in [2.24, 2.45) is 0 Å². The zero-order chi connectivity index (χ0) is 20.4. The Hall–Kier alpha value is -1.91. The van der Waals surface area contributed by atoms with E-state index in [0.29, 0.717) is 12.8 Å². The predicted octanol–water partition coefficient (Wildman–Crippen LogP) is 5.28. The van der Waals surface area contributed by atoms with Crippen LogP contribution in [-0.2, 0) is 4.79 Å². The average molecular weight is 387 g/mol. The maximum atomic E-state index is 10.5. The number of allylic oxidation sites excluding steroid dienone is 2. The largest absolute Gasteiger partial charge is 0.481 e. The number of aliphatic carboxylic acids is 1. The van der Waals surface area contributed by atoms with Gasteiger partial charge in [0.15, 0.2) is 0 Å². The van der Waals surface area contributed by atoms with Gasteiger partial charge in [0.2, 0.25) is 0 Å². The van der Waals surface area contributed by atoms with Gasteiger partial charge >= 0.3 is 5.97 Å². The van der Waals surface area contributed by atoms with E-state index in [2.05, 4.69) is 19.1 Å². The number of unbranched alkanes of at least 4 members (excludes halogenated alkanes) is 3. The minimum atomic E-state index is -0.756. The molecule has 1 unspecified atom stereocenters. The van der Waals surface area contributed by atoms with Gasteiger partial charge in [-0.2, -0.15) is 0 Å². The Bertz CT molecular complexity index is 660. The monoisotopic (exact) mass is 386 g/mol. The summed E-state index contributed by atoms with van der Waals surface area (Å²) in [7, 11) is 0. The van der Waals surface area contributed by atoms with Crippen LogP contribution >= 0.6 is 0 Å². The van der Waals surface area contributed by atoms with Crippen molar-refractivity contribution in [1.82, 2.24) is 0 Å². The lowest BCUT2D eigenvalue weighted by molar-refractivity contribution is -0.137. The topological polar surface area (TPSA) is 77.8 Å². The molecule has 1 aromatic rings. The molecule has 1 aromatic carbocycles. The summed E-state index contributed by atoms with van der Waals surface area (Å²) in [5, 5.41) is 29.4. The normalized spacial score (nSPS) is 20.5. The minimum Gasteiger partial charge on any atom is -0.481 e. The molecular formula is C24H34O4. The van der Waals surface area contributed by atoms with Gasteiger partial charge in [-0.3, -0.25) is 4.79 Å². The summed E-state index contributed by atoms with van der Waals surface area (Å²) in [6.45, 7) is 2.16.